The maximum atomic E-state index is 12.1. The fraction of sp³-hybridized carbons (Fsp3) is 1.00. The fourth-order valence-corrected chi connectivity index (χ4v) is 2.94. The first-order valence-corrected chi connectivity index (χ1v) is 6.04. The van der Waals surface area contributed by atoms with Crippen LogP contribution < -0.4 is 0 Å². The first-order chi connectivity index (χ1) is 5.38. The van der Waals surface area contributed by atoms with Gasteiger partial charge in [0.2, 0.25) is 0 Å². The highest BCUT2D eigenvalue weighted by Gasteiger charge is 2.38. The highest BCUT2D eigenvalue weighted by atomic mass is 33.1. The molecule has 0 aliphatic carbocycles. The molecule has 0 amide bonds. The van der Waals surface area contributed by atoms with E-state index in [1.165, 1.54) is 10.8 Å². The summed E-state index contributed by atoms with van der Waals surface area (Å²) in [4.78, 5) is 0. The molecule has 0 aliphatic rings. The van der Waals surface area contributed by atoms with Gasteiger partial charge in [0, 0.05) is 5.25 Å². The van der Waals surface area contributed by atoms with Crippen LogP contribution in [0.1, 0.15) is 27.2 Å². The maximum absolute atomic E-state index is 12.1. The molecule has 0 heterocycles. The van der Waals surface area contributed by atoms with Crippen molar-refractivity contribution in [2.24, 2.45) is 0 Å². The molecule has 0 bridgehead atoms. The molecule has 0 rings (SSSR count). The minimum absolute atomic E-state index is 0.147. The molecule has 12 heavy (non-hydrogen) atoms. The molecule has 0 spiro atoms. The van der Waals surface area contributed by atoms with Crippen LogP contribution in [0.15, 0.2) is 0 Å². The normalized spacial score (nSPS) is 15.2. The molecule has 0 aliphatic heterocycles. The fourth-order valence-electron chi connectivity index (χ4n) is 0.532. The molecule has 1 atom stereocenters. The number of halogens is 3. The summed E-state index contributed by atoms with van der Waals surface area (Å²) in [5.74, 6) is 0. The summed E-state index contributed by atoms with van der Waals surface area (Å²) in [6, 6.07) is 0. The first kappa shape index (κ1) is 12.5. The van der Waals surface area contributed by atoms with E-state index in [4.69, 9.17) is 0 Å². The predicted molar refractivity (Wildman–Crippen MR) is 50.5 cm³/mol. The van der Waals surface area contributed by atoms with Gasteiger partial charge in [-0.1, -0.05) is 42.4 Å². The molecule has 0 nitrogen and oxygen atoms in total. The van der Waals surface area contributed by atoms with Gasteiger partial charge in [0.15, 0.2) is 0 Å². The van der Waals surface area contributed by atoms with Crippen molar-refractivity contribution in [1.29, 1.82) is 0 Å². The third-order valence-corrected chi connectivity index (χ3v) is 4.61. The molecular formula is C7H13F3S2. The Bertz CT molecular complexity index is 122. The number of hydrogen-bond acceptors (Lipinski definition) is 2. The van der Waals surface area contributed by atoms with Gasteiger partial charge in [0.1, 0.15) is 5.25 Å². The Hall–Kier alpha value is 0.490. The average molecular weight is 218 g/mol. The molecule has 0 aromatic heterocycles. The van der Waals surface area contributed by atoms with Crippen molar-refractivity contribution < 1.29 is 13.2 Å². The van der Waals surface area contributed by atoms with Crippen LogP contribution in [0.2, 0.25) is 0 Å². The summed E-state index contributed by atoms with van der Waals surface area (Å²) >= 11 is 0. The van der Waals surface area contributed by atoms with Crippen LogP contribution in [0, 0.1) is 0 Å². The summed E-state index contributed by atoms with van der Waals surface area (Å²) in [6.07, 6.45) is -3.91. The minimum atomic E-state index is -4.05. The lowest BCUT2D eigenvalue weighted by atomic mass is 10.3. The van der Waals surface area contributed by atoms with Gasteiger partial charge in [-0.2, -0.15) is 13.2 Å². The largest absolute Gasteiger partial charge is 0.401 e. The Morgan fingerprint density at radius 2 is 1.67 bits per heavy atom. The second-order valence-corrected chi connectivity index (χ2v) is 5.73. The minimum Gasteiger partial charge on any atom is -0.170 e. The zero-order chi connectivity index (χ0) is 9.78. The van der Waals surface area contributed by atoms with E-state index in [-0.39, 0.29) is 11.7 Å². The molecule has 0 N–H and O–H groups in total. The van der Waals surface area contributed by atoms with Crippen molar-refractivity contribution in [3.05, 3.63) is 0 Å². The predicted octanol–water partition coefficient (Wildman–Crippen LogP) is 4.12. The van der Waals surface area contributed by atoms with E-state index >= 15 is 0 Å². The SMILES string of the molecule is CCC(SSC(C)C)C(F)(F)F. The van der Waals surface area contributed by atoms with Crippen molar-refractivity contribution in [3.8, 4) is 0 Å². The quantitative estimate of drug-likeness (QED) is 0.651. The summed E-state index contributed by atoms with van der Waals surface area (Å²) in [7, 11) is 2.22. The third-order valence-electron chi connectivity index (χ3n) is 1.10. The van der Waals surface area contributed by atoms with Crippen molar-refractivity contribution >= 4 is 21.6 Å². The Morgan fingerprint density at radius 1 is 1.17 bits per heavy atom. The van der Waals surface area contributed by atoms with Gasteiger partial charge < -0.3 is 0 Å². The summed E-state index contributed by atoms with van der Waals surface area (Å²) in [6.45, 7) is 5.34. The van der Waals surface area contributed by atoms with Gasteiger partial charge in [0.25, 0.3) is 0 Å². The van der Waals surface area contributed by atoms with E-state index in [2.05, 4.69) is 0 Å². The number of rotatable bonds is 4. The Balaban J connectivity index is 3.84. The highest BCUT2D eigenvalue weighted by molar-refractivity contribution is 8.77. The van der Waals surface area contributed by atoms with Crippen LogP contribution in [0.4, 0.5) is 13.2 Å². The van der Waals surface area contributed by atoms with Gasteiger partial charge in [0.05, 0.1) is 0 Å². The maximum Gasteiger partial charge on any atom is 0.401 e. The van der Waals surface area contributed by atoms with E-state index in [1.807, 2.05) is 13.8 Å². The van der Waals surface area contributed by atoms with E-state index in [0.717, 1.165) is 10.8 Å². The Labute approximate surface area is 79.1 Å². The molecule has 0 fully saturated rings. The molecule has 5 heteroatoms. The molecular weight excluding hydrogens is 205 g/mol. The molecule has 0 aromatic carbocycles. The standard InChI is InChI=1S/C7H13F3S2/c1-4-6(7(8,9)10)12-11-5(2)3/h5-6H,4H2,1-3H3. The van der Waals surface area contributed by atoms with Crippen LogP contribution in [0.25, 0.3) is 0 Å². The summed E-state index contributed by atoms with van der Waals surface area (Å²) in [5.41, 5.74) is 0. The molecule has 74 valence electrons. The lowest BCUT2D eigenvalue weighted by Crippen LogP contribution is -2.24. The van der Waals surface area contributed by atoms with E-state index in [9.17, 15) is 13.2 Å². The van der Waals surface area contributed by atoms with Gasteiger partial charge in [-0.15, -0.1) is 0 Å². The lowest BCUT2D eigenvalue weighted by molar-refractivity contribution is -0.128. The lowest BCUT2D eigenvalue weighted by Gasteiger charge is -2.17. The molecule has 0 aromatic rings. The second-order valence-electron chi connectivity index (χ2n) is 2.68. The van der Waals surface area contributed by atoms with Crippen LogP contribution in [-0.2, 0) is 0 Å². The van der Waals surface area contributed by atoms with Crippen LogP contribution >= 0.6 is 21.6 Å². The van der Waals surface area contributed by atoms with Crippen molar-refractivity contribution in [1.82, 2.24) is 0 Å². The summed E-state index contributed by atoms with van der Waals surface area (Å²) in [5, 5.41) is -0.976. The van der Waals surface area contributed by atoms with Crippen LogP contribution in [0.5, 0.6) is 0 Å². The zero-order valence-electron chi connectivity index (χ0n) is 7.31. The van der Waals surface area contributed by atoms with Gasteiger partial charge in [-0.05, 0) is 6.42 Å². The van der Waals surface area contributed by atoms with Gasteiger partial charge in [-0.25, -0.2) is 0 Å². The van der Waals surface area contributed by atoms with E-state index in [0.29, 0.717) is 0 Å². The average Bonchev–Trinajstić information content (AvgIpc) is 1.85. The van der Waals surface area contributed by atoms with Crippen LogP contribution in [0.3, 0.4) is 0 Å². The molecule has 0 radical (unpaired) electrons. The molecule has 0 saturated carbocycles. The Kier molecular flexibility index (Phi) is 5.48. The molecule has 1 unspecified atom stereocenters. The smallest absolute Gasteiger partial charge is 0.170 e. The molecule has 0 saturated heterocycles. The van der Waals surface area contributed by atoms with E-state index < -0.39 is 11.4 Å². The van der Waals surface area contributed by atoms with Crippen molar-refractivity contribution in [3.63, 3.8) is 0 Å². The summed E-state index contributed by atoms with van der Waals surface area (Å²) < 4.78 is 36.4. The highest BCUT2D eigenvalue weighted by Crippen LogP contribution is 2.40. The van der Waals surface area contributed by atoms with Gasteiger partial charge >= 0.3 is 6.18 Å². The Morgan fingerprint density at radius 3 is 1.92 bits per heavy atom. The number of hydrogen-bond donors (Lipinski definition) is 0. The third kappa shape index (κ3) is 5.19. The second kappa shape index (κ2) is 5.27. The van der Waals surface area contributed by atoms with E-state index in [1.54, 1.807) is 6.92 Å². The number of alkyl halides is 3. The van der Waals surface area contributed by atoms with Crippen molar-refractivity contribution in [2.45, 2.75) is 43.9 Å². The first-order valence-electron chi connectivity index (χ1n) is 3.76. The van der Waals surface area contributed by atoms with Crippen LogP contribution in [-0.4, -0.2) is 16.7 Å². The van der Waals surface area contributed by atoms with Crippen molar-refractivity contribution in [2.75, 3.05) is 0 Å². The zero-order valence-corrected chi connectivity index (χ0v) is 8.95. The monoisotopic (exact) mass is 218 g/mol. The topological polar surface area (TPSA) is 0 Å². The van der Waals surface area contributed by atoms with Gasteiger partial charge in [-0.3, -0.25) is 0 Å².